The van der Waals surface area contributed by atoms with Crippen molar-refractivity contribution in [3.63, 3.8) is 0 Å². The van der Waals surface area contributed by atoms with Gasteiger partial charge in [-0.2, -0.15) is 17.6 Å². The molecule has 10 fully saturated rings. The number of carbonyl (C=O) groups excluding carboxylic acids is 9. The molecule has 13 aliphatic rings. The van der Waals surface area contributed by atoms with Crippen LogP contribution in [0.2, 0.25) is 0 Å². The molecule has 6 bridgehead atoms. The summed E-state index contributed by atoms with van der Waals surface area (Å²) >= 11 is 0. The Labute approximate surface area is 837 Å². The molecule has 3 saturated heterocycles. The van der Waals surface area contributed by atoms with E-state index in [2.05, 4.69) is 54.3 Å². The van der Waals surface area contributed by atoms with Gasteiger partial charge < -0.3 is 78.2 Å². The van der Waals surface area contributed by atoms with E-state index in [9.17, 15) is 51.9 Å². The van der Waals surface area contributed by atoms with E-state index in [1.165, 1.54) is 28.4 Å². The molecule has 0 spiro atoms. The smallest absolute Gasteiger partial charge is 0.408 e. The first-order valence-electron chi connectivity index (χ1n) is 49.0. The number of pyridine rings is 1. The first-order valence-corrected chi connectivity index (χ1v) is 49.0. The minimum Gasteiger partial charge on any atom is -0.540 e. The maximum atomic E-state index is 16.0. The van der Waals surface area contributed by atoms with Crippen LogP contribution >= 0.6 is 0 Å². The van der Waals surface area contributed by atoms with Gasteiger partial charge in [0.15, 0.2) is 11.4 Å². The average Bonchev–Trinajstić information content (AvgIpc) is 1.57. The summed E-state index contributed by atoms with van der Waals surface area (Å²) in [5.74, 6) is -7.04. The number of hydrogen-bond acceptors (Lipinski definition) is 21. The Bertz CT molecular complexity index is 5500. The molecule has 27 nitrogen and oxygen atoms in total. The van der Waals surface area contributed by atoms with Gasteiger partial charge >= 0.3 is 18.3 Å². The Balaban J connectivity index is 0.000000163. The number of fused-ring (bicyclic) bond motifs is 21. The van der Waals surface area contributed by atoms with Gasteiger partial charge in [-0.3, -0.25) is 14.4 Å². The van der Waals surface area contributed by atoms with Crippen LogP contribution in [0.4, 0.5) is 40.7 Å². The van der Waals surface area contributed by atoms with Crippen LogP contribution in [-0.2, 0) is 117 Å². The van der Waals surface area contributed by atoms with Crippen molar-refractivity contribution >= 4 is 87.8 Å². The number of ether oxygens (including phenoxy) is 7. The summed E-state index contributed by atoms with van der Waals surface area (Å²) in [6, 6.07) is 9.41. The topological polar surface area (TPSA) is 328 Å². The van der Waals surface area contributed by atoms with Gasteiger partial charge in [0.2, 0.25) is 35.4 Å². The first kappa shape index (κ1) is 105. The zero-order valence-electron chi connectivity index (χ0n) is 80.3. The maximum absolute atomic E-state index is 16.0. The fourth-order valence-corrected chi connectivity index (χ4v) is 23.2. The summed E-state index contributed by atoms with van der Waals surface area (Å²) in [6.45, 7) is 21.9. The van der Waals surface area contributed by atoms with Crippen LogP contribution in [0.3, 0.4) is 0 Å². The minimum atomic E-state index is -3.42. The summed E-state index contributed by atoms with van der Waals surface area (Å²) in [5, 5.41) is 9.52. The molecule has 36 heteroatoms. The predicted octanol–water partition coefficient (Wildman–Crippen LogP) is 17.1. The number of nitrogens with zero attached hydrogens (tertiary/aromatic N) is 8. The first-order chi connectivity index (χ1) is 64.2. The number of alkyl carbamates (subject to hydrolysis) is 3. The van der Waals surface area contributed by atoms with Gasteiger partial charge in [0.05, 0.1) is 53.3 Å². The number of amides is 6. The maximum Gasteiger partial charge on any atom is 0.408 e. The molecule has 138 heavy (non-hydrogen) atoms. The molecule has 3 radical (unpaired) electrons. The third kappa shape index (κ3) is 22.8. The standard InChI is InChI=1S/C37H48N3O6.C33H40F3N4O5.C32H38F3N4O5.3V/c1-5-26-30(20-41)40-19-32(26)45-34-22(15-21-11-12-25(18-29(21)38-34)44-24-13-14-24)9-7-6-8-10-27-28-16-23(28)17-31(27)46-36(43)39-33(35(40)42)37(2,3)4;1-5-19-24(16-41)40-15-26(19)44-29-27(37-22-10-9-18(34)14-23(22)38-29)33(35,36)11-7-6-8-20-21-12-17(21)13-25(20)45-31(43)39-28(30(40)42)32(2,3)4;1-16-23(15-40)39-14-25(16)43-28-26(36-21-9-8-18(33)13-22(21)37-28)32(34,35)10-6-5-7-19-20-11-17(20)12-24(19)44-30(42)38-27(29(39)41)31(2,3)4;;;/h11-12,15,18,23-24,26-28,30-33H,5-10,13-14,16-17,19H2,1-4H3,(H,39,43);9-10,14,17,19-21,24-26,28H,5-8,11-13,15H2,1-4H3,(H,39,43);8-9,13,16-17,19-20,23-25,27H,5-7,10-12,14H2,1-4H3,(H,38,42);;;/q3*-1;;;/t23?,26-,27+,28?,30+,31+,32-,33+;17?,19-,20+,21?,24+,25+,26-,28+;16-,17?,19+,20?,23+,24+,25-,27+;;;/m000.../s1. The Morgan fingerprint density at radius 2 is 0.804 bits per heavy atom. The van der Waals surface area contributed by atoms with Gasteiger partial charge in [-0.15, -0.1) is 0 Å². The summed E-state index contributed by atoms with van der Waals surface area (Å²) in [6.07, 6.45) is 16.6. The van der Waals surface area contributed by atoms with E-state index in [0.717, 1.165) is 117 Å². The van der Waals surface area contributed by atoms with Crippen molar-refractivity contribution in [1.82, 2.24) is 55.6 Å². The summed E-state index contributed by atoms with van der Waals surface area (Å²) in [7, 11) is 0. The summed E-state index contributed by atoms with van der Waals surface area (Å²) in [4.78, 5) is 145. The van der Waals surface area contributed by atoms with E-state index in [1.807, 2.05) is 52.4 Å². The summed E-state index contributed by atoms with van der Waals surface area (Å²) in [5.41, 5.74) is -1.31. The van der Waals surface area contributed by atoms with Crippen LogP contribution in [0.1, 0.15) is 241 Å². The van der Waals surface area contributed by atoms with Gasteiger partial charge in [0.25, 0.3) is 11.8 Å². The second-order valence-corrected chi connectivity index (χ2v) is 43.6. The van der Waals surface area contributed by atoms with Crippen molar-refractivity contribution in [2.45, 2.75) is 322 Å². The van der Waals surface area contributed by atoms with Crippen LogP contribution in [-0.4, -0.2) is 193 Å². The fourth-order valence-electron chi connectivity index (χ4n) is 23.2. The van der Waals surface area contributed by atoms with Gasteiger partial charge in [-0.25, -0.2) is 66.9 Å². The van der Waals surface area contributed by atoms with Crippen molar-refractivity contribution in [2.75, 3.05) is 19.6 Å². The van der Waals surface area contributed by atoms with Crippen molar-refractivity contribution in [1.29, 1.82) is 0 Å². The van der Waals surface area contributed by atoms with Gasteiger partial charge in [0.1, 0.15) is 72.1 Å². The van der Waals surface area contributed by atoms with E-state index in [0.29, 0.717) is 92.3 Å². The minimum absolute atomic E-state index is 0. The average molecular weight is 2030 g/mol. The molecule has 7 saturated carbocycles. The molecule has 3 aromatic carbocycles. The second-order valence-electron chi connectivity index (χ2n) is 43.6. The molecule has 6 amide bonds. The summed E-state index contributed by atoms with van der Waals surface area (Å²) < 4.78 is 135. The predicted molar refractivity (Wildman–Crippen MR) is 484 cm³/mol. The van der Waals surface area contributed by atoms with Crippen LogP contribution in [0.5, 0.6) is 23.4 Å². The Hall–Kier alpha value is -8.49. The molecule has 3 N–H and O–H groups in total. The molecular weight excluding hydrogens is 1900 g/mol. The Kier molecular flexibility index (Phi) is 32.2. The van der Waals surface area contributed by atoms with Crippen molar-refractivity contribution in [3.05, 3.63) is 89.2 Å². The fraction of sp³-hybridized carbons (Fsp3) is 0.667. The molecule has 6 aliphatic heterocycles. The van der Waals surface area contributed by atoms with E-state index < -0.39 is 172 Å². The van der Waals surface area contributed by atoms with E-state index in [-0.39, 0.29) is 158 Å². The zero-order chi connectivity index (χ0) is 96.0. The number of carbonyl (C=O) groups is 6. The number of nitrogens with one attached hydrogen (secondary N) is 3. The van der Waals surface area contributed by atoms with E-state index in [1.54, 1.807) is 60.3 Å². The SMILES string of the molecule is CC[C@@H]1[C@@H]2CN(C(=O)[C@H](C(C)(C)C)NC(=O)O[C@@H]3CC4CC4[C@H]3CCCCC(F)(F)c3nc4ccc(F)cc4nc3O2)[C@@H]1[C-]=O.CC[C@@H]1[C@@H]2CN(C(=O)[C@H](C(C)(C)C)NC(=O)O[C@@H]3CC4CC4[C@H]3CCCCCc3cc4ccc(OC5CC5)cc4nc3O2)[C@@H]1[C-]=O.C[C@@H]1[C@@H]2CN(C(=O)[C@H](C(C)(C)C)NC(=O)O[C@@H]3CC4CC4[C@H]3CCCCC(F)(F)c3nc4ccc(F)cc4nc3O2)[C@@H]1[C-]=O.[V].[V].[V]. The molecule has 24 atom stereocenters. The number of halogens is 6. The van der Waals surface area contributed by atoms with Gasteiger partial charge in [-0.05, 0) is 226 Å². The number of rotatable bonds is 7. The quantitative estimate of drug-likeness (QED) is 0.0759. The van der Waals surface area contributed by atoms with E-state index >= 15 is 17.6 Å². The largest absolute Gasteiger partial charge is 0.540 e. The number of hydrogen-bond donors (Lipinski definition) is 3. The number of alkyl halides is 4. The Morgan fingerprint density at radius 1 is 0.420 bits per heavy atom. The molecule has 19 rings (SSSR count). The monoisotopic (exact) mass is 2030 g/mol. The normalized spacial score (nSPS) is 32.9. The second kappa shape index (κ2) is 42.2. The molecule has 3 aromatic heterocycles. The van der Waals surface area contributed by atoms with Crippen LogP contribution in [0, 0.1) is 98.9 Å². The molecular formula is C102H126F6N11O16V3-3. The third-order valence-electron chi connectivity index (χ3n) is 31.0. The van der Waals surface area contributed by atoms with Gasteiger partial charge in [-0.1, -0.05) is 140 Å². The number of aromatic nitrogens is 5. The van der Waals surface area contributed by atoms with E-state index in [4.69, 9.17) is 38.1 Å². The molecule has 6 aromatic rings. The number of aryl methyl sites for hydroxylation is 1. The van der Waals surface area contributed by atoms with Crippen molar-refractivity contribution in [2.24, 2.45) is 87.3 Å². The van der Waals surface area contributed by atoms with Crippen LogP contribution in [0.15, 0.2) is 60.7 Å². The number of benzene rings is 3. The Morgan fingerprint density at radius 3 is 1.20 bits per heavy atom. The van der Waals surface area contributed by atoms with Crippen LogP contribution in [0.25, 0.3) is 33.0 Å². The van der Waals surface area contributed by atoms with Crippen molar-refractivity contribution < 1.29 is 158 Å². The van der Waals surface area contributed by atoms with Crippen LogP contribution < -0.4 is 34.9 Å². The van der Waals surface area contributed by atoms with Gasteiger partial charge in [0, 0.05) is 97.7 Å². The molecule has 9 heterocycles. The third-order valence-corrected chi connectivity index (χ3v) is 31.0. The van der Waals surface area contributed by atoms with Crippen molar-refractivity contribution in [3.8, 4) is 23.4 Å². The molecule has 745 valence electrons. The molecule has 6 unspecified atom stereocenters. The zero-order valence-corrected chi connectivity index (χ0v) is 84.5. The molecule has 7 aliphatic carbocycles.